The van der Waals surface area contributed by atoms with E-state index in [2.05, 4.69) is 59.6 Å². The van der Waals surface area contributed by atoms with Crippen LogP contribution in [0.4, 0.5) is 0 Å². The minimum absolute atomic E-state index is 0.0196. The Morgan fingerprint density at radius 2 is 0.672 bits per heavy atom. The molecule has 12 rings (SSSR count). The van der Waals surface area contributed by atoms with Crippen molar-refractivity contribution in [2.75, 3.05) is 39.1 Å². The first-order valence-electron chi connectivity index (χ1n) is 23.8. The van der Waals surface area contributed by atoms with Crippen molar-refractivity contribution in [1.29, 1.82) is 0 Å². The van der Waals surface area contributed by atoms with Crippen molar-refractivity contribution in [1.82, 2.24) is 20.4 Å². The van der Waals surface area contributed by atoms with Gasteiger partial charge in [-0.15, -0.1) is 0 Å². The van der Waals surface area contributed by atoms with Gasteiger partial charge < -0.3 is 40.9 Å². The average molecular weight is 881 g/mol. The Kier molecular flexibility index (Phi) is 14.1. The second-order valence-electron chi connectivity index (χ2n) is 21.3. The van der Waals surface area contributed by atoms with Gasteiger partial charge in [-0.3, -0.25) is 0 Å². The molecule has 0 spiro atoms. The summed E-state index contributed by atoms with van der Waals surface area (Å²) in [7, 11) is 4.58. The fourth-order valence-electron chi connectivity index (χ4n) is 13.4. The first kappa shape index (κ1) is 44.3. The van der Waals surface area contributed by atoms with Crippen molar-refractivity contribution in [2.45, 2.75) is 196 Å². The first-order valence-corrected chi connectivity index (χ1v) is 29.0. The number of hydrogen-bond acceptors (Lipinski definition) is 12. The molecular formula is C46H80N4O4S4. The molecule has 2 unspecified atom stereocenters. The van der Waals surface area contributed by atoms with E-state index in [1.54, 1.807) is 0 Å². The van der Waals surface area contributed by atoms with E-state index in [0.717, 1.165) is 72.0 Å². The van der Waals surface area contributed by atoms with Gasteiger partial charge in [0.2, 0.25) is 0 Å². The van der Waals surface area contributed by atoms with Crippen LogP contribution in [-0.4, -0.2) is 163 Å². The highest BCUT2D eigenvalue weighted by Gasteiger charge is 2.58. The third kappa shape index (κ3) is 9.02. The highest BCUT2D eigenvalue weighted by Crippen LogP contribution is 2.55. The van der Waals surface area contributed by atoms with Crippen LogP contribution in [0.2, 0.25) is 0 Å². The van der Waals surface area contributed by atoms with Crippen molar-refractivity contribution in [3.63, 3.8) is 0 Å². The number of thioether (sulfide) groups is 4. The molecule has 12 aliphatic carbocycles. The highest BCUT2D eigenvalue weighted by molar-refractivity contribution is 7.99. The zero-order chi connectivity index (χ0) is 40.6. The van der Waals surface area contributed by atoms with Gasteiger partial charge in [-0.2, -0.15) is 47.0 Å². The van der Waals surface area contributed by atoms with Crippen molar-refractivity contribution < 1.29 is 20.4 Å². The highest BCUT2D eigenvalue weighted by atomic mass is 32.2. The Bertz CT molecular complexity index is 1270. The monoisotopic (exact) mass is 881 g/mol. The summed E-state index contributed by atoms with van der Waals surface area (Å²) in [6, 6.07) is 6.45. The summed E-state index contributed by atoms with van der Waals surface area (Å²) in [5.41, 5.74) is 0. The van der Waals surface area contributed by atoms with E-state index in [9.17, 15) is 20.4 Å². The second kappa shape index (κ2) is 18.5. The first-order chi connectivity index (χ1) is 28.0. The zero-order valence-electron chi connectivity index (χ0n) is 36.5. The molecule has 0 bridgehead atoms. The summed E-state index contributed by atoms with van der Waals surface area (Å²) < 4.78 is 0. The van der Waals surface area contributed by atoms with Crippen LogP contribution in [0, 0.1) is 47.3 Å². The van der Waals surface area contributed by atoms with E-state index in [-0.39, 0.29) is 24.4 Å². The molecule has 12 saturated carbocycles. The standard InChI is InChI=1S/2C12H21NOS.2C11H19NOS/c2*1-13(7-3-4-7)10-5-9-8(10)6-11(15-2)12(9)14;2*1-14-10-5-7-8(11(10)13)4-9(7)12-6-2-3-6/h2*7-12,14H,3-6H2,1-2H3;2*6-13H,2-5H2,1H3/t8-,9-,10?,11+,12+;8-,9-,10+,11+,12+;7-,8-,9?,10+,11+;7-,8-,9+,10+,11+/m0101/s1. The molecule has 20 atom stereocenters. The number of hydrogen-bond donors (Lipinski definition) is 6. The zero-order valence-corrected chi connectivity index (χ0v) is 39.8. The molecule has 0 heterocycles. The van der Waals surface area contributed by atoms with Crippen LogP contribution in [0.5, 0.6) is 0 Å². The molecule has 12 aliphatic rings. The Labute approximate surface area is 368 Å². The summed E-state index contributed by atoms with van der Waals surface area (Å²) in [5, 5.41) is 49.6. The fraction of sp³-hybridized carbons (Fsp3) is 1.00. The normalized spacial score (nSPS) is 50.3. The van der Waals surface area contributed by atoms with Gasteiger partial charge in [-0.05, 0) is 189 Å². The van der Waals surface area contributed by atoms with E-state index in [1.165, 1.54) is 103 Å². The van der Waals surface area contributed by atoms with Gasteiger partial charge in [0.1, 0.15) is 0 Å². The summed E-state index contributed by atoms with van der Waals surface area (Å²) in [4.78, 5) is 5.19. The summed E-state index contributed by atoms with van der Waals surface area (Å²) in [6.45, 7) is 0. The van der Waals surface area contributed by atoms with E-state index in [1.807, 2.05) is 47.0 Å². The third-order valence-corrected chi connectivity index (χ3v) is 22.5. The molecule has 0 aliphatic heterocycles. The maximum atomic E-state index is 10.1. The average Bonchev–Trinajstić information content (AvgIpc) is 3.99. The number of rotatable bonds is 12. The van der Waals surface area contributed by atoms with Crippen molar-refractivity contribution in [3.8, 4) is 0 Å². The quantitative estimate of drug-likeness (QED) is 0.146. The smallest absolute Gasteiger partial charge is 0.0690 e. The van der Waals surface area contributed by atoms with Gasteiger partial charge in [-0.25, -0.2) is 0 Å². The Morgan fingerprint density at radius 1 is 0.379 bits per heavy atom. The van der Waals surface area contributed by atoms with Crippen molar-refractivity contribution in [3.05, 3.63) is 0 Å². The largest absolute Gasteiger partial charge is 0.392 e. The van der Waals surface area contributed by atoms with Gasteiger partial charge in [0, 0.05) is 69.3 Å². The van der Waals surface area contributed by atoms with Crippen molar-refractivity contribution in [2.24, 2.45) is 47.3 Å². The Morgan fingerprint density at radius 3 is 0.948 bits per heavy atom. The lowest BCUT2D eigenvalue weighted by atomic mass is 9.70. The van der Waals surface area contributed by atoms with Crippen LogP contribution in [0.3, 0.4) is 0 Å². The minimum Gasteiger partial charge on any atom is -0.392 e. The summed E-state index contributed by atoms with van der Waals surface area (Å²) >= 11 is 7.41. The van der Waals surface area contributed by atoms with Gasteiger partial charge in [0.05, 0.1) is 24.4 Å². The van der Waals surface area contributed by atoms with Crippen LogP contribution in [0.25, 0.3) is 0 Å². The number of nitrogens with zero attached hydrogens (tertiary/aromatic N) is 2. The molecule has 12 fully saturated rings. The third-order valence-electron chi connectivity index (χ3n) is 18.2. The lowest BCUT2D eigenvalue weighted by Gasteiger charge is -2.46. The van der Waals surface area contributed by atoms with Crippen LogP contribution in [0.1, 0.15) is 103 Å². The van der Waals surface area contributed by atoms with E-state index < -0.39 is 0 Å². The topological polar surface area (TPSA) is 111 Å². The van der Waals surface area contributed by atoms with Gasteiger partial charge >= 0.3 is 0 Å². The number of fused-ring (bicyclic) bond motifs is 4. The van der Waals surface area contributed by atoms with Gasteiger partial charge in [0.25, 0.3) is 0 Å². The summed E-state index contributed by atoms with van der Waals surface area (Å²) in [6.07, 6.45) is 29.5. The number of aliphatic hydroxyl groups is 4. The molecule has 0 saturated heterocycles. The van der Waals surface area contributed by atoms with Crippen LogP contribution in [-0.2, 0) is 0 Å². The number of nitrogens with one attached hydrogen (secondary N) is 2. The lowest BCUT2D eigenvalue weighted by Crippen LogP contribution is -2.52. The molecular weight excluding hydrogens is 801 g/mol. The molecule has 0 radical (unpaired) electrons. The van der Waals surface area contributed by atoms with Crippen molar-refractivity contribution >= 4 is 47.0 Å². The van der Waals surface area contributed by atoms with Gasteiger partial charge in [-0.1, -0.05) is 0 Å². The van der Waals surface area contributed by atoms with Crippen LogP contribution in [0.15, 0.2) is 0 Å². The molecule has 58 heavy (non-hydrogen) atoms. The predicted octanol–water partition coefficient (Wildman–Crippen LogP) is 5.64. The Hall–Kier alpha value is 1.08. The SMILES string of the molecule is CS[C@@H]1C[C@@H]2C(N(C)C3CC3)C[C@@H]2[C@H]1O.CS[C@@H]1C[C@@H]2C(NC3CC3)C[C@@H]2[C@H]1O.CS[C@H]1C[C@@H]2[C@@H](C[C@@H]2N(C)C2CC2)[C@@H]1O.CS[C@H]1C[C@@H]2[C@@H](C[C@@H]2NC2CC2)[C@@H]1O. The predicted molar refractivity (Wildman–Crippen MR) is 247 cm³/mol. The van der Waals surface area contributed by atoms with E-state index in [0.29, 0.717) is 44.7 Å². The minimum atomic E-state index is -0.0211. The molecule has 0 aromatic heterocycles. The maximum Gasteiger partial charge on any atom is 0.0690 e. The molecule has 0 aromatic carbocycles. The van der Waals surface area contributed by atoms with E-state index in [4.69, 9.17) is 0 Å². The molecule has 0 amide bonds. The second-order valence-corrected chi connectivity index (χ2v) is 25.6. The fourth-order valence-corrected chi connectivity index (χ4v) is 17.0. The molecule has 8 nitrogen and oxygen atoms in total. The molecule has 6 N–H and O–H groups in total. The molecule has 0 aromatic rings. The van der Waals surface area contributed by atoms with Gasteiger partial charge in [0.15, 0.2) is 0 Å². The van der Waals surface area contributed by atoms with Crippen LogP contribution < -0.4 is 10.6 Å². The maximum absolute atomic E-state index is 10.1. The Balaban J connectivity index is 0.000000100. The van der Waals surface area contributed by atoms with E-state index >= 15 is 0 Å². The van der Waals surface area contributed by atoms with Crippen LogP contribution >= 0.6 is 47.0 Å². The summed E-state index contributed by atoms with van der Waals surface area (Å²) in [5.74, 6) is 5.62. The molecule has 332 valence electrons. The lowest BCUT2D eigenvalue weighted by molar-refractivity contribution is -0.0141. The number of aliphatic hydroxyl groups excluding tert-OH is 4. The molecule has 12 heteroatoms.